The molecule has 0 aliphatic heterocycles. The molecule has 3 nitrogen and oxygen atoms in total. The van der Waals surface area contributed by atoms with Gasteiger partial charge in [-0.1, -0.05) is 17.7 Å². The van der Waals surface area contributed by atoms with Crippen LogP contribution < -0.4 is 5.32 Å². The summed E-state index contributed by atoms with van der Waals surface area (Å²) in [5.41, 5.74) is 1.54. The molecule has 0 saturated heterocycles. The Labute approximate surface area is 125 Å². The Morgan fingerprint density at radius 1 is 1.50 bits per heavy atom. The Kier molecular flexibility index (Phi) is 3.74. The van der Waals surface area contributed by atoms with Crippen molar-refractivity contribution >= 4 is 27.9 Å². The summed E-state index contributed by atoms with van der Waals surface area (Å²) in [6.07, 6.45) is 4.57. The van der Waals surface area contributed by atoms with E-state index >= 15 is 0 Å². The van der Waals surface area contributed by atoms with E-state index in [1.165, 1.54) is 6.07 Å². The molecule has 2 heterocycles. The minimum atomic E-state index is -0.294. The Hall–Kier alpha value is -1.43. The van der Waals surface area contributed by atoms with Gasteiger partial charge in [0.2, 0.25) is 0 Å². The zero-order valence-corrected chi connectivity index (χ0v) is 12.4. The highest BCUT2D eigenvalue weighted by Gasteiger charge is 2.16. The van der Waals surface area contributed by atoms with Gasteiger partial charge in [-0.3, -0.25) is 4.40 Å². The van der Waals surface area contributed by atoms with E-state index in [4.69, 9.17) is 11.6 Å². The number of imidazole rings is 1. The Morgan fingerprint density at radius 2 is 2.35 bits per heavy atom. The molecule has 6 heteroatoms. The largest absolute Gasteiger partial charge is 0.313 e. The normalized spacial score (nSPS) is 12.9. The van der Waals surface area contributed by atoms with Gasteiger partial charge in [-0.25, -0.2) is 9.37 Å². The first-order valence-electron chi connectivity index (χ1n) is 6.20. The number of rotatable bonds is 4. The minimum absolute atomic E-state index is 0.128. The number of likely N-dealkylation sites (N-methyl/N-ethyl adjacent to an activating group) is 1. The van der Waals surface area contributed by atoms with Crippen LogP contribution in [-0.4, -0.2) is 16.4 Å². The maximum absolute atomic E-state index is 14.0. The van der Waals surface area contributed by atoms with Crippen molar-refractivity contribution in [1.29, 1.82) is 0 Å². The van der Waals surface area contributed by atoms with Crippen LogP contribution in [-0.2, 0) is 6.42 Å². The maximum Gasteiger partial charge on any atom is 0.193 e. The topological polar surface area (TPSA) is 29.3 Å². The van der Waals surface area contributed by atoms with E-state index in [9.17, 15) is 4.39 Å². The number of hydrogen-bond donors (Lipinski definition) is 1. The van der Waals surface area contributed by atoms with Crippen molar-refractivity contribution in [3.05, 3.63) is 58.1 Å². The number of halogens is 2. The first-order chi connectivity index (χ1) is 9.67. The second kappa shape index (κ2) is 5.52. The molecule has 1 unspecified atom stereocenters. The van der Waals surface area contributed by atoms with Gasteiger partial charge in [0.15, 0.2) is 4.96 Å². The lowest BCUT2D eigenvalue weighted by Crippen LogP contribution is -2.20. The molecule has 3 aromatic rings. The van der Waals surface area contributed by atoms with Crippen LogP contribution in [0.25, 0.3) is 4.96 Å². The van der Waals surface area contributed by atoms with E-state index < -0.39 is 0 Å². The van der Waals surface area contributed by atoms with Crippen LogP contribution in [0.2, 0.25) is 5.02 Å². The number of nitrogens with one attached hydrogen (secondary N) is 1. The molecule has 2 aromatic heterocycles. The molecule has 20 heavy (non-hydrogen) atoms. The zero-order valence-electron chi connectivity index (χ0n) is 10.8. The van der Waals surface area contributed by atoms with Gasteiger partial charge in [0, 0.05) is 40.8 Å². The molecule has 1 aromatic carbocycles. The fourth-order valence-corrected chi connectivity index (χ4v) is 3.11. The van der Waals surface area contributed by atoms with Gasteiger partial charge < -0.3 is 5.32 Å². The Morgan fingerprint density at radius 3 is 3.05 bits per heavy atom. The van der Waals surface area contributed by atoms with Gasteiger partial charge in [-0.2, -0.15) is 0 Å². The third-order valence-corrected chi connectivity index (χ3v) is 4.25. The van der Waals surface area contributed by atoms with E-state index in [-0.39, 0.29) is 11.9 Å². The first-order valence-corrected chi connectivity index (χ1v) is 7.46. The zero-order chi connectivity index (χ0) is 14.1. The van der Waals surface area contributed by atoms with Crippen molar-refractivity contribution in [3.8, 4) is 0 Å². The summed E-state index contributed by atoms with van der Waals surface area (Å²) in [5.74, 6) is -0.294. The summed E-state index contributed by atoms with van der Waals surface area (Å²) >= 11 is 7.37. The van der Waals surface area contributed by atoms with Crippen LogP contribution in [0.4, 0.5) is 4.39 Å². The summed E-state index contributed by atoms with van der Waals surface area (Å²) in [6.45, 7) is 0. The Balaban J connectivity index is 1.88. The van der Waals surface area contributed by atoms with Crippen LogP contribution in [0.5, 0.6) is 0 Å². The van der Waals surface area contributed by atoms with Gasteiger partial charge in [-0.15, -0.1) is 11.3 Å². The van der Waals surface area contributed by atoms with Gasteiger partial charge >= 0.3 is 0 Å². The van der Waals surface area contributed by atoms with Crippen molar-refractivity contribution < 1.29 is 4.39 Å². The summed E-state index contributed by atoms with van der Waals surface area (Å²) < 4.78 is 16.0. The third-order valence-electron chi connectivity index (χ3n) is 3.24. The molecule has 0 amide bonds. The summed E-state index contributed by atoms with van der Waals surface area (Å²) in [7, 11) is 1.82. The van der Waals surface area contributed by atoms with Crippen LogP contribution >= 0.6 is 22.9 Å². The quantitative estimate of drug-likeness (QED) is 0.796. The van der Waals surface area contributed by atoms with E-state index in [0.717, 1.165) is 10.7 Å². The average Bonchev–Trinajstić information content (AvgIpc) is 2.97. The van der Waals surface area contributed by atoms with Gasteiger partial charge in [0.05, 0.1) is 5.69 Å². The second-order valence-electron chi connectivity index (χ2n) is 4.54. The molecule has 1 N–H and O–H groups in total. The molecular formula is C14H13ClFN3S. The number of aromatic nitrogens is 2. The van der Waals surface area contributed by atoms with Crippen molar-refractivity contribution in [2.24, 2.45) is 0 Å². The van der Waals surface area contributed by atoms with Crippen LogP contribution in [0, 0.1) is 5.82 Å². The van der Waals surface area contributed by atoms with Gasteiger partial charge in [-0.05, 0) is 19.2 Å². The SMILES string of the molecule is CNC(Cc1cn2ccsc2n1)c1ccc(Cl)cc1F. The van der Waals surface area contributed by atoms with Crippen LogP contribution in [0.1, 0.15) is 17.3 Å². The monoisotopic (exact) mass is 309 g/mol. The molecular weight excluding hydrogens is 297 g/mol. The van der Waals surface area contributed by atoms with Crippen molar-refractivity contribution in [3.63, 3.8) is 0 Å². The van der Waals surface area contributed by atoms with Gasteiger partial charge in [0.25, 0.3) is 0 Å². The van der Waals surface area contributed by atoms with Crippen molar-refractivity contribution in [1.82, 2.24) is 14.7 Å². The summed E-state index contributed by atoms with van der Waals surface area (Å²) in [4.78, 5) is 5.48. The average molecular weight is 310 g/mol. The molecule has 0 aliphatic carbocycles. The third kappa shape index (κ3) is 2.57. The number of benzene rings is 1. The number of thiazole rings is 1. The lowest BCUT2D eigenvalue weighted by atomic mass is 10.0. The predicted octanol–water partition coefficient (Wildman–Crippen LogP) is 3.69. The van der Waals surface area contributed by atoms with Gasteiger partial charge in [0.1, 0.15) is 5.82 Å². The van der Waals surface area contributed by atoms with E-state index in [2.05, 4.69) is 10.3 Å². The summed E-state index contributed by atoms with van der Waals surface area (Å²) in [6, 6.07) is 4.64. The number of hydrogen-bond acceptors (Lipinski definition) is 3. The highest BCUT2D eigenvalue weighted by atomic mass is 35.5. The van der Waals surface area contributed by atoms with E-state index in [0.29, 0.717) is 17.0 Å². The molecule has 104 valence electrons. The highest BCUT2D eigenvalue weighted by molar-refractivity contribution is 7.15. The summed E-state index contributed by atoms with van der Waals surface area (Å²) in [5, 5.41) is 5.53. The molecule has 0 fully saturated rings. The van der Waals surface area contributed by atoms with Crippen molar-refractivity contribution in [2.75, 3.05) is 7.05 Å². The molecule has 0 aliphatic rings. The molecule has 0 spiro atoms. The number of fused-ring (bicyclic) bond motifs is 1. The molecule has 0 saturated carbocycles. The Bertz CT molecular complexity index is 708. The number of nitrogens with zero attached hydrogens (tertiary/aromatic N) is 2. The highest BCUT2D eigenvalue weighted by Crippen LogP contribution is 2.24. The smallest absolute Gasteiger partial charge is 0.193 e. The van der Waals surface area contributed by atoms with Crippen molar-refractivity contribution in [2.45, 2.75) is 12.5 Å². The second-order valence-corrected chi connectivity index (χ2v) is 5.85. The lowest BCUT2D eigenvalue weighted by Gasteiger charge is -2.16. The molecule has 0 bridgehead atoms. The first kappa shape index (κ1) is 13.5. The van der Waals surface area contributed by atoms with Crippen LogP contribution in [0.3, 0.4) is 0 Å². The molecule has 1 atom stereocenters. The fourth-order valence-electron chi connectivity index (χ4n) is 2.24. The van der Waals surface area contributed by atoms with Crippen LogP contribution in [0.15, 0.2) is 36.0 Å². The van der Waals surface area contributed by atoms with E-state index in [1.807, 2.05) is 29.2 Å². The lowest BCUT2D eigenvalue weighted by molar-refractivity contribution is 0.531. The van der Waals surface area contributed by atoms with E-state index in [1.54, 1.807) is 23.5 Å². The maximum atomic E-state index is 14.0. The molecule has 0 radical (unpaired) electrons. The minimum Gasteiger partial charge on any atom is -0.313 e. The fraction of sp³-hybridized carbons (Fsp3) is 0.214. The standard InChI is InChI=1S/C14H13ClFN3S/c1-17-13(11-3-2-9(15)6-12(11)16)7-10-8-19-4-5-20-14(19)18-10/h2-6,8,13,17H,7H2,1H3. The predicted molar refractivity (Wildman–Crippen MR) is 80.0 cm³/mol. The molecule has 3 rings (SSSR count).